The second kappa shape index (κ2) is 10.6. The third-order valence-corrected chi connectivity index (χ3v) is 5.10. The van der Waals surface area contributed by atoms with Crippen molar-refractivity contribution in [3.8, 4) is 17.3 Å². The number of aromatic nitrogens is 4. The number of amides is 1. The number of allylic oxidation sites excluding steroid dienone is 1. The Hall–Kier alpha value is -3.98. The Kier molecular flexibility index (Phi) is 7.11. The monoisotopic (exact) mass is 446 g/mol. The largest absolute Gasteiger partial charge is 0.489 e. The van der Waals surface area contributed by atoms with E-state index in [9.17, 15) is 4.79 Å². The topological polar surface area (TPSA) is 94.4 Å². The number of carbonyl (C=O) groups is 1. The molecule has 1 saturated heterocycles. The average molecular weight is 447 g/mol. The van der Waals surface area contributed by atoms with Crippen LogP contribution in [0.5, 0.6) is 5.75 Å². The number of pyridine rings is 1. The van der Waals surface area contributed by atoms with E-state index in [1.54, 1.807) is 24.5 Å². The highest BCUT2D eigenvalue weighted by Crippen LogP contribution is 2.27. The minimum absolute atomic E-state index is 0.296. The lowest BCUT2D eigenvalue weighted by Gasteiger charge is -2.29. The second-order valence-electron chi connectivity index (χ2n) is 7.34. The maximum Gasteiger partial charge on any atom is 0.260 e. The Morgan fingerprint density at radius 3 is 2.82 bits per heavy atom. The molecule has 2 aromatic heterocycles. The highest BCUT2D eigenvalue weighted by Gasteiger charge is 2.19. The Morgan fingerprint density at radius 2 is 2.03 bits per heavy atom. The predicted molar refractivity (Wildman–Crippen MR) is 127 cm³/mol. The van der Waals surface area contributed by atoms with Gasteiger partial charge in [-0.1, -0.05) is 24.8 Å². The first kappa shape index (κ1) is 22.2. The fourth-order valence-corrected chi connectivity index (χ4v) is 3.53. The van der Waals surface area contributed by atoms with Gasteiger partial charge in [0.05, 0.1) is 18.8 Å². The molecular formula is C24H26N6O3. The van der Waals surface area contributed by atoms with Gasteiger partial charge in [0.1, 0.15) is 30.2 Å². The van der Waals surface area contributed by atoms with Gasteiger partial charge in [0.15, 0.2) is 5.82 Å². The van der Waals surface area contributed by atoms with Crippen LogP contribution in [0.3, 0.4) is 0 Å². The molecule has 1 fully saturated rings. The summed E-state index contributed by atoms with van der Waals surface area (Å²) >= 11 is 0. The maximum absolute atomic E-state index is 13.3. The van der Waals surface area contributed by atoms with Crippen LogP contribution >= 0.6 is 0 Å². The molecule has 1 aliphatic rings. The maximum atomic E-state index is 13.3. The number of hydrogen-bond donors (Lipinski definition) is 1. The Bertz CT molecular complexity index is 1140. The molecule has 1 aromatic carbocycles. The third kappa shape index (κ3) is 5.27. The van der Waals surface area contributed by atoms with Crippen molar-refractivity contribution in [1.82, 2.24) is 19.7 Å². The number of carbonyl (C=O) groups excluding carboxylic acids is 1. The summed E-state index contributed by atoms with van der Waals surface area (Å²) in [5, 5.41) is 11.0. The molecule has 4 rings (SSSR count). The molecule has 3 heterocycles. The lowest BCUT2D eigenvalue weighted by atomic mass is 10.1. The van der Waals surface area contributed by atoms with Crippen molar-refractivity contribution in [2.45, 2.75) is 6.54 Å². The van der Waals surface area contributed by atoms with Gasteiger partial charge in [-0.2, -0.15) is 0 Å². The summed E-state index contributed by atoms with van der Waals surface area (Å²) < 4.78 is 13.0. The summed E-state index contributed by atoms with van der Waals surface area (Å²) in [5.41, 5.74) is 1.95. The summed E-state index contributed by atoms with van der Waals surface area (Å²) in [6.07, 6.45) is 5.01. The molecule has 0 aliphatic carbocycles. The van der Waals surface area contributed by atoms with Crippen LogP contribution in [0.1, 0.15) is 10.4 Å². The van der Waals surface area contributed by atoms with Crippen LogP contribution < -0.4 is 15.0 Å². The van der Waals surface area contributed by atoms with Crippen LogP contribution in [0.15, 0.2) is 68.0 Å². The summed E-state index contributed by atoms with van der Waals surface area (Å²) in [4.78, 5) is 20.0. The van der Waals surface area contributed by atoms with Gasteiger partial charge in [0.25, 0.3) is 5.91 Å². The normalized spacial score (nSPS) is 13.4. The molecule has 0 radical (unpaired) electrons. The van der Waals surface area contributed by atoms with Gasteiger partial charge >= 0.3 is 0 Å². The minimum atomic E-state index is -0.318. The summed E-state index contributed by atoms with van der Waals surface area (Å²) in [6, 6.07) is 11.0. The molecule has 0 bridgehead atoms. The van der Waals surface area contributed by atoms with E-state index in [0.29, 0.717) is 55.0 Å². The van der Waals surface area contributed by atoms with Crippen molar-refractivity contribution in [2.75, 3.05) is 43.1 Å². The van der Waals surface area contributed by atoms with Crippen molar-refractivity contribution in [3.05, 3.63) is 73.6 Å². The number of nitrogens with one attached hydrogen (secondary N) is 1. The van der Waals surface area contributed by atoms with Crippen molar-refractivity contribution in [2.24, 2.45) is 0 Å². The van der Waals surface area contributed by atoms with Crippen LogP contribution in [0, 0.1) is 0 Å². The highest BCUT2D eigenvalue weighted by molar-refractivity contribution is 6.06. The highest BCUT2D eigenvalue weighted by atomic mass is 16.5. The molecule has 170 valence electrons. The van der Waals surface area contributed by atoms with E-state index in [2.05, 4.69) is 38.6 Å². The van der Waals surface area contributed by atoms with Gasteiger partial charge < -0.3 is 24.3 Å². The number of rotatable bonds is 9. The van der Waals surface area contributed by atoms with E-state index < -0.39 is 0 Å². The fraction of sp³-hybridized carbons (Fsp3) is 0.250. The van der Waals surface area contributed by atoms with E-state index >= 15 is 0 Å². The molecule has 33 heavy (non-hydrogen) atoms. The number of anilines is 2. The minimum Gasteiger partial charge on any atom is -0.489 e. The van der Waals surface area contributed by atoms with Crippen molar-refractivity contribution in [3.63, 3.8) is 0 Å². The van der Waals surface area contributed by atoms with Crippen LogP contribution in [0.4, 0.5) is 11.5 Å². The molecule has 9 nitrogen and oxygen atoms in total. The standard InChI is InChI=1S/C24H26N6O3/c1-3-10-30-17-25-28-23(30)20-6-5-7-22(26-20)27-24(31)19-16-18(29-11-14-32-15-12-29)8-9-21(19)33-13-4-2/h3-9,16-17H,1-2,10-15H2,(H,26,27,31). The third-order valence-electron chi connectivity index (χ3n) is 5.10. The van der Waals surface area contributed by atoms with Gasteiger partial charge in [0, 0.05) is 25.3 Å². The number of hydrogen-bond acceptors (Lipinski definition) is 7. The first-order valence-corrected chi connectivity index (χ1v) is 10.7. The second-order valence-corrected chi connectivity index (χ2v) is 7.34. The molecule has 3 aromatic rings. The Labute approximate surface area is 192 Å². The molecular weight excluding hydrogens is 420 g/mol. The van der Waals surface area contributed by atoms with Gasteiger partial charge in [0.2, 0.25) is 0 Å². The molecule has 1 aliphatic heterocycles. The van der Waals surface area contributed by atoms with Gasteiger partial charge in [-0.05, 0) is 30.3 Å². The molecule has 0 unspecified atom stereocenters. The predicted octanol–water partition coefficient (Wildman–Crippen LogP) is 3.18. The van der Waals surface area contributed by atoms with E-state index in [4.69, 9.17) is 9.47 Å². The Morgan fingerprint density at radius 1 is 1.18 bits per heavy atom. The van der Waals surface area contributed by atoms with Crippen molar-refractivity contribution < 1.29 is 14.3 Å². The number of ether oxygens (including phenoxy) is 2. The van der Waals surface area contributed by atoms with Crippen molar-refractivity contribution >= 4 is 17.4 Å². The molecule has 9 heteroatoms. The Balaban J connectivity index is 1.59. The average Bonchev–Trinajstić information content (AvgIpc) is 3.32. The molecule has 0 atom stereocenters. The molecule has 0 spiro atoms. The van der Waals surface area contributed by atoms with Crippen LogP contribution in [0.25, 0.3) is 11.5 Å². The summed E-state index contributed by atoms with van der Waals surface area (Å²) in [7, 11) is 0. The lowest BCUT2D eigenvalue weighted by molar-refractivity contribution is 0.102. The van der Waals surface area contributed by atoms with Crippen LogP contribution in [0.2, 0.25) is 0 Å². The van der Waals surface area contributed by atoms with Crippen molar-refractivity contribution in [1.29, 1.82) is 0 Å². The van der Waals surface area contributed by atoms with E-state index in [1.165, 1.54) is 0 Å². The van der Waals surface area contributed by atoms with E-state index in [0.717, 1.165) is 18.8 Å². The zero-order valence-corrected chi connectivity index (χ0v) is 18.3. The lowest BCUT2D eigenvalue weighted by Crippen LogP contribution is -2.36. The molecule has 1 amide bonds. The number of morpholine rings is 1. The molecule has 1 N–H and O–H groups in total. The van der Waals surface area contributed by atoms with Gasteiger partial charge in [-0.3, -0.25) is 4.79 Å². The van der Waals surface area contributed by atoms with Crippen LogP contribution in [-0.2, 0) is 11.3 Å². The zero-order valence-electron chi connectivity index (χ0n) is 18.3. The molecule has 0 saturated carbocycles. The summed E-state index contributed by atoms with van der Waals surface area (Å²) in [5.74, 6) is 1.15. The van der Waals surface area contributed by atoms with E-state index in [-0.39, 0.29) is 5.91 Å². The SMILES string of the molecule is C=CCOc1ccc(N2CCOCC2)cc1C(=O)Nc1cccc(-c2nncn2CC=C)n1. The van der Waals surface area contributed by atoms with Gasteiger partial charge in [-0.25, -0.2) is 4.98 Å². The quantitative estimate of drug-likeness (QED) is 0.505. The number of benzene rings is 1. The zero-order chi connectivity index (χ0) is 23.0. The first-order valence-electron chi connectivity index (χ1n) is 10.7. The first-order chi connectivity index (χ1) is 16.2. The van der Waals surface area contributed by atoms with Crippen LogP contribution in [-0.4, -0.2) is 58.6 Å². The van der Waals surface area contributed by atoms with E-state index in [1.807, 2.05) is 34.9 Å². The number of nitrogens with zero attached hydrogens (tertiary/aromatic N) is 5. The van der Waals surface area contributed by atoms with Gasteiger partial charge in [-0.15, -0.1) is 16.8 Å². The smallest absolute Gasteiger partial charge is 0.260 e. The fourth-order valence-electron chi connectivity index (χ4n) is 3.53. The summed E-state index contributed by atoms with van der Waals surface area (Å²) in [6.45, 7) is 11.1.